The van der Waals surface area contributed by atoms with Crippen molar-refractivity contribution in [1.29, 1.82) is 0 Å². The Hall–Kier alpha value is -4.88. The van der Waals surface area contributed by atoms with Gasteiger partial charge in [0.15, 0.2) is 5.69 Å². The Morgan fingerprint density at radius 2 is 1.71 bits per heavy atom. The first kappa shape index (κ1) is 32.7. The molecular formula is C35H39F2N7O5. The fourth-order valence-electron chi connectivity index (χ4n) is 7.50. The summed E-state index contributed by atoms with van der Waals surface area (Å²) in [4.78, 5) is 56.3. The molecular weight excluding hydrogens is 636 g/mol. The molecule has 1 saturated heterocycles. The van der Waals surface area contributed by atoms with Crippen LogP contribution in [0.2, 0.25) is 0 Å². The summed E-state index contributed by atoms with van der Waals surface area (Å²) in [5.41, 5.74) is 2.53. The van der Waals surface area contributed by atoms with Crippen molar-refractivity contribution in [1.82, 2.24) is 25.8 Å². The molecule has 258 valence electrons. The van der Waals surface area contributed by atoms with Gasteiger partial charge in [0, 0.05) is 55.6 Å². The first-order valence-electron chi connectivity index (χ1n) is 16.7. The maximum absolute atomic E-state index is 14.3. The number of nitrogens with zero attached hydrogens (tertiary/aromatic N) is 3. The summed E-state index contributed by atoms with van der Waals surface area (Å²) in [6, 6.07) is 11.4. The molecule has 3 aromatic rings. The van der Waals surface area contributed by atoms with Crippen LogP contribution in [0.15, 0.2) is 47.1 Å². The molecule has 4 N–H and O–H groups in total. The normalized spacial score (nSPS) is 22.9. The highest BCUT2D eigenvalue weighted by molar-refractivity contribution is 6.03. The van der Waals surface area contributed by atoms with Gasteiger partial charge in [0.05, 0.1) is 0 Å². The molecule has 1 spiro atoms. The van der Waals surface area contributed by atoms with Crippen LogP contribution in [0.5, 0.6) is 0 Å². The van der Waals surface area contributed by atoms with Crippen molar-refractivity contribution in [3.8, 4) is 0 Å². The van der Waals surface area contributed by atoms with Crippen molar-refractivity contribution in [3.63, 3.8) is 0 Å². The number of carbonyl (C=O) groups excluding carboxylic acids is 4. The second kappa shape index (κ2) is 12.2. The molecule has 1 aliphatic heterocycles. The van der Waals surface area contributed by atoms with Crippen LogP contribution in [0.1, 0.15) is 71.4 Å². The average molecular weight is 676 g/mol. The minimum Gasteiger partial charge on any atom is -0.338 e. The molecule has 2 atom stereocenters. The number of aryl methyl sites for hydroxylation is 2. The van der Waals surface area contributed by atoms with E-state index in [1.165, 1.54) is 6.92 Å². The van der Waals surface area contributed by atoms with Crippen LogP contribution in [0.25, 0.3) is 0 Å². The molecule has 12 nitrogen and oxygen atoms in total. The Labute approximate surface area is 281 Å². The second-order valence-electron chi connectivity index (χ2n) is 14.2. The van der Waals surface area contributed by atoms with E-state index in [4.69, 9.17) is 0 Å². The van der Waals surface area contributed by atoms with E-state index in [1.54, 1.807) is 17.0 Å². The number of carbonyl (C=O) groups is 4. The largest absolute Gasteiger partial charge is 0.338 e. The topological polar surface area (TPSA) is 159 Å². The predicted octanol–water partition coefficient (Wildman–Crippen LogP) is 4.53. The number of halogens is 2. The first-order chi connectivity index (χ1) is 23.4. The Morgan fingerprint density at radius 1 is 0.980 bits per heavy atom. The van der Waals surface area contributed by atoms with Crippen LogP contribution in [-0.2, 0) is 22.4 Å². The summed E-state index contributed by atoms with van der Waals surface area (Å²) in [6.45, 7) is 4.50. The molecule has 3 aliphatic carbocycles. The summed E-state index contributed by atoms with van der Waals surface area (Å²) >= 11 is 0. The number of amides is 5. The highest BCUT2D eigenvalue weighted by atomic mass is 19.3. The molecule has 2 aromatic carbocycles. The van der Waals surface area contributed by atoms with Gasteiger partial charge in [0.2, 0.25) is 11.8 Å². The Bertz CT molecular complexity index is 1810. The number of para-hydroxylation sites is 1. The molecule has 4 aliphatic rings. The smallest absolute Gasteiger partial charge is 0.318 e. The minimum atomic E-state index is -2.82. The summed E-state index contributed by atoms with van der Waals surface area (Å²) < 4.78 is 32.7. The second-order valence-corrected chi connectivity index (χ2v) is 14.2. The molecule has 0 bridgehead atoms. The van der Waals surface area contributed by atoms with E-state index in [1.807, 2.05) is 37.3 Å². The number of aromatic nitrogens is 2. The summed E-state index contributed by atoms with van der Waals surface area (Å²) in [5, 5.41) is 18.9. The van der Waals surface area contributed by atoms with E-state index >= 15 is 0 Å². The lowest BCUT2D eigenvalue weighted by atomic mass is 9.81. The minimum absolute atomic E-state index is 0.0408. The third-order valence-electron chi connectivity index (χ3n) is 10.8. The summed E-state index contributed by atoms with van der Waals surface area (Å²) in [5.74, 6) is -4.90. The van der Waals surface area contributed by atoms with Gasteiger partial charge in [-0.1, -0.05) is 29.4 Å². The maximum atomic E-state index is 14.3. The van der Waals surface area contributed by atoms with Crippen LogP contribution in [0, 0.1) is 25.2 Å². The van der Waals surface area contributed by atoms with E-state index in [2.05, 4.69) is 36.2 Å². The van der Waals surface area contributed by atoms with Crippen LogP contribution in [0.4, 0.5) is 25.0 Å². The zero-order valence-electron chi connectivity index (χ0n) is 27.4. The number of rotatable bonds is 8. The molecule has 2 saturated carbocycles. The SMILES string of the molecule is Cc1ccccc1NC(=O)C1(N2CC3(CC3)CNC2=O)Cc2ccc(NC(=O)[C@@H](NC(=O)c3nonc3C)C3CCC(F)(F)CC3)cc2C1. The molecule has 14 heteroatoms. The monoisotopic (exact) mass is 675 g/mol. The van der Waals surface area contributed by atoms with Gasteiger partial charge >= 0.3 is 6.03 Å². The third-order valence-corrected chi connectivity index (χ3v) is 10.8. The van der Waals surface area contributed by atoms with Crippen molar-refractivity contribution >= 4 is 35.1 Å². The molecule has 5 amide bonds. The molecule has 0 radical (unpaired) electrons. The van der Waals surface area contributed by atoms with Crippen molar-refractivity contribution in [2.45, 2.75) is 82.7 Å². The lowest BCUT2D eigenvalue weighted by molar-refractivity contribution is -0.127. The molecule has 1 unspecified atom stereocenters. The standard InChI is InChI=1S/C35H39F2N7O5/c1-20-5-3-4-6-26(20)40-31(47)34(44-19-33(13-14-33)18-38-32(44)48)16-23-7-8-25(15-24(23)17-34)39-30(46)28(22-9-11-35(36,37)12-10-22)41-29(45)27-21(2)42-49-43-27/h3-8,15,22,28H,9-14,16-19H2,1-2H3,(H,38,48)(H,39,46)(H,40,47)(H,41,45)/t28-,34?/m0/s1. The number of alkyl halides is 2. The quantitative estimate of drug-likeness (QED) is 0.273. The Morgan fingerprint density at radius 3 is 2.41 bits per heavy atom. The zero-order valence-corrected chi connectivity index (χ0v) is 27.4. The fourth-order valence-corrected chi connectivity index (χ4v) is 7.50. The van der Waals surface area contributed by atoms with Gasteiger partial charge in [-0.2, -0.15) is 0 Å². The van der Waals surface area contributed by atoms with Gasteiger partial charge in [-0.3, -0.25) is 14.4 Å². The van der Waals surface area contributed by atoms with E-state index in [0.717, 1.165) is 29.5 Å². The zero-order chi connectivity index (χ0) is 34.6. The van der Waals surface area contributed by atoms with Crippen LogP contribution < -0.4 is 21.3 Å². The van der Waals surface area contributed by atoms with E-state index < -0.39 is 48.1 Å². The van der Waals surface area contributed by atoms with Gasteiger partial charge in [0.25, 0.3) is 11.8 Å². The molecule has 7 rings (SSSR count). The molecule has 3 fully saturated rings. The molecule has 2 heterocycles. The predicted molar refractivity (Wildman–Crippen MR) is 174 cm³/mol. The van der Waals surface area contributed by atoms with Gasteiger partial charge < -0.3 is 26.2 Å². The lowest BCUT2D eigenvalue weighted by Gasteiger charge is -2.44. The number of fused-ring (bicyclic) bond motifs is 1. The Kier molecular flexibility index (Phi) is 8.14. The number of benzene rings is 2. The van der Waals surface area contributed by atoms with Gasteiger partial charge in [0.1, 0.15) is 17.3 Å². The van der Waals surface area contributed by atoms with Crippen molar-refractivity contribution in [2.24, 2.45) is 11.3 Å². The third kappa shape index (κ3) is 6.35. The van der Waals surface area contributed by atoms with Gasteiger partial charge in [-0.05, 0) is 85.5 Å². The van der Waals surface area contributed by atoms with Crippen LogP contribution in [-0.4, -0.2) is 69.6 Å². The number of urea groups is 1. The highest BCUT2D eigenvalue weighted by Crippen LogP contribution is 2.50. The molecule has 49 heavy (non-hydrogen) atoms. The number of hydrogen-bond donors (Lipinski definition) is 4. The van der Waals surface area contributed by atoms with Gasteiger partial charge in [-0.25, -0.2) is 18.2 Å². The summed E-state index contributed by atoms with van der Waals surface area (Å²) in [6.07, 6.45) is 1.78. The number of nitrogens with one attached hydrogen (secondary N) is 4. The van der Waals surface area contributed by atoms with E-state index in [0.29, 0.717) is 24.5 Å². The van der Waals surface area contributed by atoms with Gasteiger partial charge in [-0.15, -0.1) is 0 Å². The summed E-state index contributed by atoms with van der Waals surface area (Å²) in [7, 11) is 0. The first-order valence-corrected chi connectivity index (χ1v) is 16.7. The van der Waals surface area contributed by atoms with Crippen molar-refractivity contribution in [3.05, 3.63) is 70.5 Å². The average Bonchev–Trinajstić information content (AvgIpc) is 3.48. The maximum Gasteiger partial charge on any atom is 0.318 e. The number of anilines is 2. The van der Waals surface area contributed by atoms with Crippen molar-refractivity contribution < 1.29 is 32.6 Å². The van der Waals surface area contributed by atoms with Crippen molar-refractivity contribution in [2.75, 3.05) is 23.7 Å². The van der Waals surface area contributed by atoms with E-state index in [-0.39, 0.29) is 54.4 Å². The highest BCUT2D eigenvalue weighted by Gasteiger charge is 2.57. The van der Waals surface area contributed by atoms with Crippen LogP contribution in [0.3, 0.4) is 0 Å². The number of hydrogen-bond acceptors (Lipinski definition) is 7. The lowest BCUT2D eigenvalue weighted by Crippen LogP contribution is -2.66. The Balaban J connectivity index is 1.14. The van der Waals surface area contributed by atoms with Crippen LogP contribution >= 0.6 is 0 Å². The fraction of sp³-hybridized carbons (Fsp3) is 0.486. The van der Waals surface area contributed by atoms with E-state index in [9.17, 15) is 28.0 Å². The molecule has 1 aromatic heterocycles.